The van der Waals surface area contributed by atoms with Gasteiger partial charge < -0.3 is 0 Å². The summed E-state index contributed by atoms with van der Waals surface area (Å²) >= 11 is 0. The third-order valence-corrected chi connectivity index (χ3v) is 3.19. The normalized spacial score (nSPS) is 12.6. The standard InChI is InChI=1S/C19H20N2/c1-5-8-12-15(4)21-18-14-10-9-13-17(18)20-19(21)16(7-3)11-6-2/h5-14H,1,4H2,2-3H3/b11-6-,12-8-,16-7+. The minimum absolute atomic E-state index is 0.863. The van der Waals surface area contributed by atoms with Gasteiger partial charge in [-0.15, -0.1) is 0 Å². The molecule has 1 aromatic carbocycles. The first-order valence-electron chi connectivity index (χ1n) is 6.98. The van der Waals surface area contributed by atoms with Crippen LogP contribution in [0.15, 0.2) is 73.9 Å². The number of para-hydroxylation sites is 2. The Hall–Kier alpha value is -2.61. The molecule has 0 saturated heterocycles. The summed E-state index contributed by atoms with van der Waals surface area (Å²) < 4.78 is 2.07. The van der Waals surface area contributed by atoms with Crippen LogP contribution >= 0.6 is 0 Å². The summed E-state index contributed by atoms with van der Waals surface area (Å²) in [7, 11) is 0. The van der Waals surface area contributed by atoms with Crippen LogP contribution in [0.3, 0.4) is 0 Å². The summed E-state index contributed by atoms with van der Waals surface area (Å²) in [6, 6.07) is 8.08. The van der Waals surface area contributed by atoms with Gasteiger partial charge in [-0.05, 0) is 32.1 Å². The molecule has 0 radical (unpaired) electrons. The van der Waals surface area contributed by atoms with Crippen molar-refractivity contribution in [2.75, 3.05) is 0 Å². The molecule has 2 nitrogen and oxygen atoms in total. The molecule has 21 heavy (non-hydrogen) atoms. The quantitative estimate of drug-likeness (QED) is 0.684. The van der Waals surface area contributed by atoms with Crippen molar-refractivity contribution in [2.45, 2.75) is 13.8 Å². The van der Waals surface area contributed by atoms with Crippen LogP contribution in [0.2, 0.25) is 0 Å². The predicted molar refractivity (Wildman–Crippen MR) is 92.9 cm³/mol. The van der Waals surface area contributed by atoms with Gasteiger partial charge in [0.05, 0.1) is 11.0 Å². The van der Waals surface area contributed by atoms with E-state index < -0.39 is 0 Å². The Morgan fingerprint density at radius 3 is 2.62 bits per heavy atom. The molecule has 1 aromatic heterocycles. The van der Waals surface area contributed by atoms with Crippen molar-refractivity contribution in [3.8, 4) is 0 Å². The van der Waals surface area contributed by atoms with Crippen molar-refractivity contribution >= 4 is 22.3 Å². The summed E-state index contributed by atoms with van der Waals surface area (Å²) in [5.74, 6) is 0.899. The van der Waals surface area contributed by atoms with Crippen molar-refractivity contribution in [3.63, 3.8) is 0 Å². The third kappa shape index (κ3) is 2.95. The fraction of sp³-hybridized carbons (Fsp3) is 0.105. The molecule has 0 N–H and O–H groups in total. The monoisotopic (exact) mass is 276 g/mol. The van der Waals surface area contributed by atoms with E-state index in [0.717, 1.165) is 28.1 Å². The Balaban J connectivity index is 2.72. The van der Waals surface area contributed by atoms with Gasteiger partial charge in [-0.25, -0.2) is 4.98 Å². The number of benzene rings is 1. The largest absolute Gasteiger partial charge is 0.293 e. The molecule has 0 saturated carbocycles. The van der Waals surface area contributed by atoms with Crippen molar-refractivity contribution in [1.29, 1.82) is 0 Å². The summed E-state index contributed by atoms with van der Waals surface area (Å²) in [5, 5.41) is 0. The molecule has 0 spiro atoms. The SMILES string of the molecule is C=C/C=C\C(=C)n1c(C(/C=C\C)=C/C)nc2ccccc21. The van der Waals surface area contributed by atoms with Gasteiger partial charge in [-0.1, -0.05) is 55.7 Å². The first-order chi connectivity index (χ1) is 10.2. The summed E-state index contributed by atoms with van der Waals surface area (Å²) in [4.78, 5) is 4.75. The van der Waals surface area contributed by atoms with E-state index >= 15 is 0 Å². The maximum absolute atomic E-state index is 4.75. The number of hydrogen-bond donors (Lipinski definition) is 0. The second-order valence-corrected chi connectivity index (χ2v) is 4.59. The molecule has 0 aliphatic heterocycles. The number of nitrogens with zero attached hydrogens (tertiary/aromatic N) is 2. The number of hydrogen-bond acceptors (Lipinski definition) is 1. The van der Waals surface area contributed by atoms with Crippen LogP contribution in [0.1, 0.15) is 19.7 Å². The second-order valence-electron chi connectivity index (χ2n) is 4.59. The highest BCUT2D eigenvalue weighted by atomic mass is 15.1. The zero-order chi connectivity index (χ0) is 15.2. The fourth-order valence-electron chi connectivity index (χ4n) is 2.24. The lowest BCUT2D eigenvalue weighted by Crippen LogP contribution is -1.99. The molecule has 0 atom stereocenters. The molecule has 0 amide bonds. The molecule has 1 heterocycles. The maximum atomic E-state index is 4.75. The summed E-state index contributed by atoms with van der Waals surface area (Å²) in [6.45, 7) is 11.9. The van der Waals surface area contributed by atoms with E-state index in [0.29, 0.717) is 0 Å². The molecule has 106 valence electrons. The Morgan fingerprint density at radius 2 is 1.95 bits per heavy atom. The average molecular weight is 276 g/mol. The summed E-state index contributed by atoms with van der Waals surface area (Å²) in [6.07, 6.45) is 11.7. The van der Waals surface area contributed by atoms with Gasteiger partial charge >= 0.3 is 0 Å². The van der Waals surface area contributed by atoms with Gasteiger partial charge in [-0.2, -0.15) is 0 Å². The van der Waals surface area contributed by atoms with E-state index in [9.17, 15) is 0 Å². The zero-order valence-electron chi connectivity index (χ0n) is 12.6. The van der Waals surface area contributed by atoms with E-state index in [-0.39, 0.29) is 0 Å². The lowest BCUT2D eigenvalue weighted by molar-refractivity contribution is 1.10. The molecule has 2 rings (SSSR count). The predicted octanol–water partition coefficient (Wildman–Crippen LogP) is 5.23. The van der Waals surface area contributed by atoms with Crippen LogP contribution in [-0.2, 0) is 0 Å². The molecule has 0 bridgehead atoms. The number of allylic oxidation sites excluding steroid dienone is 8. The molecule has 0 aliphatic carbocycles. The lowest BCUT2D eigenvalue weighted by atomic mass is 10.2. The number of aromatic nitrogens is 2. The average Bonchev–Trinajstić information content (AvgIpc) is 2.89. The van der Waals surface area contributed by atoms with Crippen LogP contribution in [-0.4, -0.2) is 9.55 Å². The topological polar surface area (TPSA) is 17.8 Å². The first-order valence-corrected chi connectivity index (χ1v) is 6.98. The zero-order valence-corrected chi connectivity index (χ0v) is 12.6. The third-order valence-electron chi connectivity index (χ3n) is 3.19. The molecule has 2 aromatic rings. The van der Waals surface area contributed by atoms with Gasteiger partial charge in [0, 0.05) is 11.3 Å². The van der Waals surface area contributed by atoms with E-state index in [2.05, 4.69) is 35.9 Å². The van der Waals surface area contributed by atoms with Crippen LogP contribution in [0.5, 0.6) is 0 Å². The van der Waals surface area contributed by atoms with Crippen LogP contribution in [0.4, 0.5) is 0 Å². The Morgan fingerprint density at radius 1 is 1.19 bits per heavy atom. The second kappa shape index (κ2) is 6.71. The van der Waals surface area contributed by atoms with Crippen molar-refractivity contribution in [3.05, 3.63) is 79.7 Å². The molecular weight excluding hydrogens is 256 g/mol. The van der Waals surface area contributed by atoms with Gasteiger partial charge in [0.15, 0.2) is 0 Å². The molecule has 0 fully saturated rings. The van der Waals surface area contributed by atoms with Crippen LogP contribution in [0, 0.1) is 0 Å². The molecule has 2 heteroatoms. The van der Waals surface area contributed by atoms with Gasteiger partial charge in [0.25, 0.3) is 0 Å². The first kappa shape index (κ1) is 14.8. The van der Waals surface area contributed by atoms with Crippen LogP contribution in [0.25, 0.3) is 22.3 Å². The highest BCUT2D eigenvalue weighted by molar-refractivity contribution is 5.86. The Bertz CT molecular complexity index is 755. The van der Waals surface area contributed by atoms with E-state index in [1.807, 2.05) is 50.3 Å². The van der Waals surface area contributed by atoms with Gasteiger partial charge in [-0.3, -0.25) is 4.57 Å². The Labute approximate surface area is 126 Å². The maximum Gasteiger partial charge on any atom is 0.145 e. The lowest BCUT2D eigenvalue weighted by Gasteiger charge is -2.09. The van der Waals surface area contributed by atoms with Crippen molar-refractivity contribution in [2.24, 2.45) is 0 Å². The fourth-order valence-corrected chi connectivity index (χ4v) is 2.24. The minimum Gasteiger partial charge on any atom is -0.293 e. The van der Waals surface area contributed by atoms with E-state index in [4.69, 9.17) is 4.98 Å². The summed E-state index contributed by atoms with van der Waals surface area (Å²) in [5.41, 5.74) is 3.95. The Kier molecular flexibility index (Phi) is 4.72. The minimum atomic E-state index is 0.863. The highest BCUT2D eigenvalue weighted by Gasteiger charge is 2.13. The van der Waals surface area contributed by atoms with Gasteiger partial charge in [0.1, 0.15) is 5.82 Å². The van der Waals surface area contributed by atoms with E-state index in [1.54, 1.807) is 6.08 Å². The molecule has 0 unspecified atom stereocenters. The smallest absolute Gasteiger partial charge is 0.145 e. The highest BCUT2D eigenvalue weighted by Crippen LogP contribution is 2.26. The van der Waals surface area contributed by atoms with Crippen molar-refractivity contribution in [1.82, 2.24) is 9.55 Å². The number of rotatable bonds is 5. The van der Waals surface area contributed by atoms with Gasteiger partial charge in [0.2, 0.25) is 0 Å². The number of fused-ring (bicyclic) bond motifs is 1. The van der Waals surface area contributed by atoms with Crippen LogP contribution < -0.4 is 0 Å². The van der Waals surface area contributed by atoms with E-state index in [1.165, 1.54) is 0 Å². The molecular formula is C19H20N2. The number of imidazole rings is 1. The molecule has 0 aliphatic rings. The van der Waals surface area contributed by atoms with Crippen molar-refractivity contribution < 1.29 is 0 Å².